The van der Waals surface area contributed by atoms with Crippen molar-refractivity contribution in [1.82, 2.24) is 4.57 Å². The fraction of sp³-hybridized carbons (Fsp3) is 0. The number of fused-ring (bicyclic) bond motifs is 7. The standard InChI is InChI=1S/C54H35BFN3/c56-45-24-14-23-44-54(45)57(40-20-8-3-9-21-40)51-28-15-29-52-53(51)55(44)43-22-10-11-25-48(43)59(52)50-27-13-12-26-49(50)58-46-32-30-38(36-16-4-1-5-17-36)34-41(46)42-35-39(31-33-47(42)58)37-18-6-2-7-19-37/h1-35H. The summed E-state index contributed by atoms with van der Waals surface area (Å²) < 4.78 is 18.7. The Morgan fingerprint density at radius 2 is 0.847 bits per heavy atom. The number of hydrogen-bond acceptors (Lipinski definition) is 2. The van der Waals surface area contributed by atoms with Gasteiger partial charge in [0.25, 0.3) is 6.71 Å². The van der Waals surface area contributed by atoms with Crippen molar-refractivity contribution in [3.63, 3.8) is 0 Å². The molecular weight excluding hydrogens is 720 g/mol. The van der Waals surface area contributed by atoms with Crippen molar-refractivity contribution in [3.05, 3.63) is 218 Å². The van der Waals surface area contributed by atoms with Gasteiger partial charge in [-0.25, -0.2) is 4.39 Å². The van der Waals surface area contributed by atoms with Crippen LogP contribution in [0.4, 0.5) is 38.5 Å². The summed E-state index contributed by atoms with van der Waals surface area (Å²) in [7, 11) is 0. The Labute approximate surface area is 342 Å². The molecule has 1 aromatic heterocycles. The van der Waals surface area contributed by atoms with Crippen LogP contribution < -0.4 is 26.2 Å². The van der Waals surface area contributed by atoms with Crippen molar-refractivity contribution in [3.8, 4) is 27.9 Å². The molecule has 5 heteroatoms. The quantitative estimate of drug-likeness (QED) is 0.162. The molecule has 276 valence electrons. The van der Waals surface area contributed by atoms with Crippen molar-refractivity contribution < 1.29 is 4.39 Å². The van der Waals surface area contributed by atoms with Crippen molar-refractivity contribution >= 4 is 79.0 Å². The van der Waals surface area contributed by atoms with Crippen LogP contribution in [0.5, 0.6) is 0 Å². The summed E-state index contributed by atoms with van der Waals surface area (Å²) in [4.78, 5) is 4.54. The lowest BCUT2D eigenvalue weighted by molar-refractivity contribution is 0.629. The van der Waals surface area contributed by atoms with Gasteiger partial charge in [0.05, 0.1) is 28.1 Å². The molecule has 0 saturated heterocycles. The molecule has 0 aliphatic carbocycles. The monoisotopic (exact) mass is 755 g/mol. The zero-order valence-electron chi connectivity index (χ0n) is 32.0. The highest BCUT2D eigenvalue weighted by molar-refractivity contribution is 7.00. The van der Waals surface area contributed by atoms with Gasteiger partial charge in [-0.3, -0.25) is 0 Å². The van der Waals surface area contributed by atoms with E-state index in [2.05, 4.69) is 196 Å². The molecule has 9 aromatic carbocycles. The maximum Gasteiger partial charge on any atom is 0.252 e. The second-order valence-electron chi connectivity index (χ2n) is 15.4. The minimum atomic E-state index is -0.232. The Morgan fingerprint density at radius 1 is 0.356 bits per heavy atom. The normalized spacial score (nSPS) is 12.7. The minimum absolute atomic E-state index is 0.160. The molecule has 2 aliphatic heterocycles. The van der Waals surface area contributed by atoms with Gasteiger partial charge in [0.15, 0.2) is 0 Å². The molecule has 0 saturated carbocycles. The van der Waals surface area contributed by atoms with E-state index in [1.807, 2.05) is 24.3 Å². The SMILES string of the molecule is Fc1cccc2c1N(c1ccccc1)c1cccc3c1B2c1ccccc1N3c1ccccc1-n1c2ccc(-c3ccccc3)cc2c2cc(-c3ccccc3)ccc21. The van der Waals surface area contributed by atoms with Gasteiger partial charge >= 0.3 is 0 Å². The predicted octanol–water partition coefficient (Wildman–Crippen LogP) is 12.3. The summed E-state index contributed by atoms with van der Waals surface area (Å²) in [5.41, 5.74) is 17.1. The molecule has 12 rings (SSSR count). The molecule has 59 heavy (non-hydrogen) atoms. The van der Waals surface area contributed by atoms with Crippen molar-refractivity contribution in [1.29, 1.82) is 0 Å². The smallest absolute Gasteiger partial charge is 0.252 e. The van der Waals surface area contributed by atoms with Crippen LogP contribution in [0.1, 0.15) is 0 Å². The second kappa shape index (κ2) is 13.2. The Hall–Kier alpha value is -7.63. The molecule has 0 bridgehead atoms. The van der Waals surface area contributed by atoms with E-state index in [1.165, 1.54) is 33.0 Å². The first-order valence-electron chi connectivity index (χ1n) is 20.2. The number of para-hydroxylation sites is 5. The lowest BCUT2D eigenvalue weighted by Gasteiger charge is -2.44. The maximum atomic E-state index is 16.3. The third-order valence-electron chi connectivity index (χ3n) is 12.2. The van der Waals surface area contributed by atoms with Crippen LogP contribution in [0.25, 0.3) is 49.7 Å². The van der Waals surface area contributed by atoms with Gasteiger partial charge in [-0.15, -0.1) is 0 Å². The molecule has 10 aromatic rings. The zero-order valence-corrected chi connectivity index (χ0v) is 32.0. The fourth-order valence-electron chi connectivity index (χ4n) is 9.74. The summed E-state index contributed by atoms with van der Waals surface area (Å²) in [5, 5.41) is 2.39. The summed E-state index contributed by atoms with van der Waals surface area (Å²) in [6.07, 6.45) is 0. The average Bonchev–Trinajstić information content (AvgIpc) is 3.63. The minimum Gasteiger partial charge on any atom is -0.309 e. The van der Waals surface area contributed by atoms with E-state index in [0.29, 0.717) is 5.69 Å². The van der Waals surface area contributed by atoms with Gasteiger partial charge in [-0.05, 0) is 111 Å². The first kappa shape index (κ1) is 33.5. The number of anilines is 6. The molecule has 0 fully saturated rings. The molecule has 2 aliphatic rings. The molecule has 0 amide bonds. The van der Waals surface area contributed by atoms with Gasteiger partial charge < -0.3 is 14.4 Å². The number of rotatable bonds is 5. The first-order valence-corrected chi connectivity index (χ1v) is 20.2. The molecule has 3 heterocycles. The van der Waals surface area contributed by atoms with E-state index in [-0.39, 0.29) is 12.5 Å². The maximum absolute atomic E-state index is 16.3. The zero-order chi connectivity index (χ0) is 39.0. The summed E-state index contributed by atoms with van der Waals surface area (Å²) in [6.45, 7) is -0.160. The molecule has 0 spiro atoms. The summed E-state index contributed by atoms with van der Waals surface area (Å²) in [6, 6.07) is 74.7. The lowest BCUT2D eigenvalue weighted by atomic mass is 9.33. The van der Waals surface area contributed by atoms with E-state index >= 15 is 4.39 Å². The molecule has 3 nitrogen and oxygen atoms in total. The Bertz CT molecular complexity index is 3150. The number of nitrogens with zero attached hydrogens (tertiary/aromatic N) is 3. The van der Waals surface area contributed by atoms with E-state index in [1.54, 1.807) is 6.07 Å². The average molecular weight is 756 g/mol. The van der Waals surface area contributed by atoms with Gasteiger partial charge in [0.1, 0.15) is 5.82 Å². The lowest BCUT2D eigenvalue weighted by Crippen LogP contribution is -2.61. The number of benzene rings is 9. The second-order valence-corrected chi connectivity index (χ2v) is 15.4. The Balaban J connectivity index is 1.12. The van der Waals surface area contributed by atoms with Gasteiger partial charge in [-0.1, -0.05) is 140 Å². The van der Waals surface area contributed by atoms with Crippen LogP contribution in [0, 0.1) is 5.82 Å². The van der Waals surface area contributed by atoms with Crippen LogP contribution >= 0.6 is 0 Å². The molecule has 0 radical (unpaired) electrons. The fourth-order valence-corrected chi connectivity index (χ4v) is 9.74. The number of halogens is 1. The van der Waals surface area contributed by atoms with Crippen LogP contribution in [-0.2, 0) is 0 Å². The highest BCUT2D eigenvalue weighted by atomic mass is 19.1. The topological polar surface area (TPSA) is 11.4 Å². The first-order chi connectivity index (χ1) is 29.2. The van der Waals surface area contributed by atoms with Crippen LogP contribution in [0.15, 0.2) is 212 Å². The molecule has 0 unspecified atom stereocenters. The van der Waals surface area contributed by atoms with Crippen LogP contribution in [-0.4, -0.2) is 11.3 Å². The van der Waals surface area contributed by atoms with Crippen molar-refractivity contribution in [2.24, 2.45) is 0 Å². The van der Waals surface area contributed by atoms with Gasteiger partial charge in [0, 0.05) is 33.5 Å². The van der Waals surface area contributed by atoms with E-state index in [0.717, 1.165) is 61.5 Å². The third kappa shape index (κ3) is 5.08. The van der Waals surface area contributed by atoms with E-state index < -0.39 is 0 Å². The molecule has 0 N–H and O–H groups in total. The van der Waals surface area contributed by atoms with Gasteiger partial charge in [0.2, 0.25) is 0 Å². The van der Waals surface area contributed by atoms with Crippen molar-refractivity contribution in [2.45, 2.75) is 0 Å². The Kier molecular flexibility index (Phi) is 7.51. The summed E-state index contributed by atoms with van der Waals surface area (Å²) >= 11 is 0. The predicted molar refractivity (Wildman–Crippen MR) is 246 cm³/mol. The third-order valence-corrected chi connectivity index (χ3v) is 12.2. The summed E-state index contributed by atoms with van der Waals surface area (Å²) in [5.74, 6) is -0.232. The van der Waals surface area contributed by atoms with Gasteiger partial charge in [-0.2, -0.15) is 0 Å². The van der Waals surface area contributed by atoms with Crippen LogP contribution in [0.3, 0.4) is 0 Å². The number of hydrogen-bond donors (Lipinski definition) is 0. The largest absolute Gasteiger partial charge is 0.309 e. The van der Waals surface area contributed by atoms with Crippen molar-refractivity contribution in [2.75, 3.05) is 9.80 Å². The molecular formula is C54H35BFN3. The highest BCUT2D eigenvalue weighted by Gasteiger charge is 2.44. The molecule has 0 atom stereocenters. The highest BCUT2D eigenvalue weighted by Crippen LogP contribution is 2.47. The van der Waals surface area contributed by atoms with E-state index in [4.69, 9.17) is 0 Å². The van der Waals surface area contributed by atoms with Crippen LogP contribution in [0.2, 0.25) is 0 Å². The van der Waals surface area contributed by atoms with E-state index in [9.17, 15) is 0 Å². The number of aromatic nitrogens is 1. The Morgan fingerprint density at radius 3 is 1.49 bits per heavy atom.